The van der Waals surface area contributed by atoms with E-state index in [4.69, 9.17) is 0 Å². The normalized spacial score (nSPS) is 10.2. The Bertz CT molecular complexity index is 279. The number of rotatable bonds is 7. The van der Waals surface area contributed by atoms with Crippen molar-refractivity contribution in [2.45, 2.75) is 38.5 Å². The summed E-state index contributed by atoms with van der Waals surface area (Å²) in [6.45, 7) is 0. The molecule has 0 aliphatic carbocycles. The van der Waals surface area contributed by atoms with Crippen molar-refractivity contribution in [1.82, 2.24) is 0 Å². The molecular formula is C13H17FO. The summed E-state index contributed by atoms with van der Waals surface area (Å²) in [5, 5.41) is 0. The fourth-order valence-corrected chi connectivity index (χ4v) is 1.56. The van der Waals surface area contributed by atoms with Crippen molar-refractivity contribution < 1.29 is 9.18 Å². The van der Waals surface area contributed by atoms with Gasteiger partial charge in [0.15, 0.2) is 0 Å². The van der Waals surface area contributed by atoms with Crippen LogP contribution in [0.15, 0.2) is 24.3 Å². The van der Waals surface area contributed by atoms with Crippen molar-refractivity contribution in [2.75, 3.05) is 0 Å². The number of carbonyl (C=O) groups excluding carboxylic acids is 1. The van der Waals surface area contributed by atoms with E-state index in [1.54, 1.807) is 0 Å². The van der Waals surface area contributed by atoms with Gasteiger partial charge in [-0.1, -0.05) is 25.0 Å². The predicted molar refractivity (Wildman–Crippen MR) is 59.3 cm³/mol. The third kappa shape index (κ3) is 5.31. The Morgan fingerprint density at radius 2 is 1.67 bits per heavy atom. The zero-order valence-electron chi connectivity index (χ0n) is 8.92. The molecule has 0 fully saturated rings. The highest BCUT2D eigenvalue weighted by atomic mass is 19.1. The summed E-state index contributed by atoms with van der Waals surface area (Å²) in [6.07, 6.45) is 7.01. The van der Waals surface area contributed by atoms with Gasteiger partial charge in [0.05, 0.1) is 0 Å². The van der Waals surface area contributed by atoms with E-state index >= 15 is 0 Å². The maximum atomic E-state index is 12.6. The van der Waals surface area contributed by atoms with Gasteiger partial charge in [-0.05, 0) is 37.0 Å². The Hall–Kier alpha value is -1.18. The van der Waals surface area contributed by atoms with Gasteiger partial charge in [-0.15, -0.1) is 0 Å². The molecule has 0 unspecified atom stereocenters. The van der Waals surface area contributed by atoms with Gasteiger partial charge in [0.2, 0.25) is 0 Å². The third-order valence-corrected chi connectivity index (χ3v) is 2.45. The molecule has 0 aliphatic rings. The lowest BCUT2D eigenvalue weighted by atomic mass is 10.1. The highest BCUT2D eigenvalue weighted by Gasteiger charge is 1.94. The predicted octanol–water partition coefficient (Wildman–Crippen LogP) is 3.52. The summed E-state index contributed by atoms with van der Waals surface area (Å²) >= 11 is 0. The average Bonchev–Trinajstić information content (AvgIpc) is 2.26. The van der Waals surface area contributed by atoms with Crippen molar-refractivity contribution in [2.24, 2.45) is 0 Å². The fourth-order valence-electron chi connectivity index (χ4n) is 1.56. The van der Waals surface area contributed by atoms with Crippen molar-refractivity contribution in [1.29, 1.82) is 0 Å². The highest BCUT2D eigenvalue weighted by Crippen LogP contribution is 2.09. The number of hydrogen-bond donors (Lipinski definition) is 0. The zero-order valence-corrected chi connectivity index (χ0v) is 8.92. The van der Waals surface area contributed by atoms with Gasteiger partial charge >= 0.3 is 0 Å². The van der Waals surface area contributed by atoms with Gasteiger partial charge < -0.3 is 4.79 Å². The van der Waals surface area contributed by atoms with Gasteiger partial charge in [0.25, 0.3) is 0 Å². The summed E-state index contributed by atoms with van der Waals surface area (Å²) in [5.74, 6) is -0.176. The van der Waals surface area contributed by atoms with Crippen molar-refractivity contribution in [3.8, 4) is 0 Å². The first-order valence-corrected chi connectivity index (χ1v) is 5.51. The van der Waals surface area contributed by atoms with E-state index in [9.17, 15) is 9.18 Å². The molecule has 0 aliphatic heterocycles. The fraction of sp³-hybridized carbons (Fsp3) is 0.462. The van der Waals surface area contributed by atoms with E-state index in [2.05, 4.69) is 0 Å². The van der Waals surface area contributed by atoms with Crippen LogP contribution in [0.3, 0.4) is 0 Å². The lowest BCUT2D eigenvalue weighted by Gasteiger charge is -2.00. The molecule has 0 amide bonds. The number of benzene rings is 1. The van der Waals surface area contributed by atoms with Gasteiger partial charge in [0.1, 0.15) is 12.1 Å². The summed E-state index contributed by atoms with van der Waals surface area (Å²) in [4.78, 5) is 10.1. The molecule has 0 saturated heterocycles. The van der Waals surface area contributed by atoms with Crippen molar-refractivity contribution in [3.05, 3.63) is 35.6 Å². The zero-order chi connectivity index (χ0) is 10.9. The van der Waals surface area contributed by atoms with Crippen molar-refractivity contribution >= 4 is 6.29 Å². The summed E-state index contributed by atoms with van der Waals surface area (Å²) in [5.41, 5.74) is 1.19. The van der Waals surface area contributed by atoms with E-state index < -0.39 is 0 Å². The Balaban J connectivity index is 2.09. The quantitative estimate of drug-likeness (QED) is 0.495. The summed E-state index contributed by atoms with van der Waals surface area (Å²) in [7, 11) is 0. The molecule has 0 spiro atoms. The topological polar surface area (TPSA) is 17.1 Å². The SMILES string of the molecule is O=CCCCCCCc1ccc(F)cc1. The molecule has 0 radical (unpaired) electrons. The van der Waals surface area contributed by atoms with Crippen LogP contribution in [0.5, 0.6) is 0 Å². The molecule has 1 aromatic carbocycles. The molecule has 1 rings (SSSR count). The average molecular weight is 208 g/mol. The first kappa shape index (κ1) is 11.9. The van der Waals surface area contributed by atoms with Gasteiger partial charge in [-0.3, -0.25) is 0 Å². The molecule has 0 N–H and O–H groups in total. The number of hydrogen-bond acceptors (Lipinski definition) is 1. The van der Waals surface area contributed by atoms with E-state index in [0.717, 1.165) is 38.4 Å². The molecule has 1 nitrogen and oxygen atoms in total. The number of aryl methyl sites for hydroxylation is 1. The molecule has 0 atom stereocenters. The first-order valence-electron chi connectivity index (χ1n) is 5.51. The number of aldehydes is 1. The Morgan fingerprint density at radius 3 is 2.33 bits per heavy atom. The summed E-state index contributed by atoms with van der Waals surface area (Å²) in [6, 6.07) is 6.67. The standard InChI is InChI=1S/C13H17FO/c14-13-9-7-12(8-10-13)6-4-2-1-3-5-11-15/h7-11H,1-6H2. The number of carbonyl (C=O) groups is 1. The van der Waals surface area contributed by atoms with E-state index in [0.29, 0.717) is 6.42 Å². The number of unbranched alkanes of at least 4 members (excludes halogenated alkanes) is 4. The second-order valence-electron chi connectivity index (χ2n) is 3.75. The monoisotopic (exact) mass is 208 g/mol. The molecule has 15 heavy (non-hydrogen) atoms. The molecule has 0 aromatic heterocycles. The van der Waals surface area contributed by atoms with Crippen LogP contribution in [0, 0.1) is 5.82 Å². The van der Waals surface area contributed by atoms with Crippen LogP contribution < -0.4 is 0 Å². The minimum Gasteiger partial charge on any atom is -0.303 e. The van der Waals surface area contributed by atoms with Crippen LogP contribution in [-0.4, -0.2) is 6.29 Å². The minimum absolute atomic E-state index is 0.176. The van der Waals surface area contributed by atoms with Crippen LogP contribution in [0.1, 0.15) is 37.7 Å². The molecule has 0 saturated carbocycles. The minimum atomic E-state index is -0.176. The molecule has 0 bridgehead atoms. The largest absolute Gasteiger partial charge is 0.303 e. The van der Waals surface area contributed by atoms with Crippen LogP contribution in [0.25, 0.3) is 0 Å². The second kappa shape index (κ2) is 7.16. The lowest BCUT2D eigenvalue weighted by molar-refractivity contribution is -0.107. The van der Waals surface area contributed by atoms with Crippen LogP contribution in [0.4, 0.5) is 4.39 Å². The lowest BCUT2D eigenvalue weighted by Crippen LogP contribution is -1.87. The summed E-state index contributed by atoms with van der Waals surface area (Å²) < 4.78 is 12.6. The van der Waals surface area contributed by atoms with Crippen LogP contribution in [-0.2, 0) is 11.2 Å². The number of halogens is 1. The van der Waals surface area contributed by atoms with E-state index in [1.165, 1.54) is 17.7 Å². The van der Waals surface area contributed by atoms with Crippen LogP contribution >= 0.6 is 0 Å². The second-order valence-corrected chi connectivity index (χ2v) is 3.75. The maximum absolute atomic E-state index is 12.6. The van der Waals surface area contributed by atoms with Gasteiger partial charge in [0, 0.05) is 6.42 Å². The smallest absolute Gasteiger partial charge is 0.123 e. The van der Waals surface area contributed by atoms with E-state index in [1.807, 2.05) is 12.1 Å². The van der Waals surface area contributed by atoms with Gasteiger partial charge in [-0.2, -0.15) is 0 Å². The van der Waals surface area contributed by atoms with Gasteiger partial charge in [-0.25, -0.2) is 4.39 Å². The van der Waals surface area contributed by atoms with E-state index in [-0.39, 0.29) is 5.82 Å². The maximum Gasteiger partial charge on any atom is 0.123 e. The molecule has 1 aromatic rings. The molecular weight excluding hydrogens is 191 g/mol. The van der Waals surface area contributed by atoms with Crippen molar-refractivity contribution in [3.63, 3.8) is 0 Å². The molecule has 0 heterocycles. The Morgan fingerprint density at radius 1 is 1.00 bits per heavy atom. The Labute approximate surface area is 90.3 Å². The first-order chi connectivity index (χ1) is 7.33. The highest BCUT2D eigenvalue weighted by molar-refractivity contribution is 5.48. The molecule has 82 valence electrons. The molecule has 2 heteroatoms. The Kier molecular flexibility index (Phi) is 5.67. The van der Waals surface area contributed by atoms with Crippen LogP contribution in [0.2, 0.25) is 0 Å². The third-order valence-electron chi connectivity index (χ3n) is 2.45.